The Bertz CT molecular complexity index is 955. The van der Waals surface area contributed by atoms with Gasteiger partial charge in [-0.1, -0.05) is 73.3 Å². The second-order valence-electron chi connectivity index (χ2n) is 13.6. The first-order valence-corrected chi connectivity index (χ1v) is 14.1. The van der Waals surface area contributed by atoms with Gasteiger partial charge in [0.1, 0.15) is 18.1 Å². The summed E-state index contributed by atoms with van der Waals surface area (Å²) in [5, 5.41) is 22.6. The van der Waals surface area contributed by atoms with E-state index < -0.39 is 5.41 Å². The molecule has 1 aromatic carbocycles. The van der Waals surface area contributed by atoms with Crippen molar-refractivity contribution in [1.82, 2.24) is 0 Å². The van der Waals surface area contributed by atoms with Crippen molar-refractivity contribution in [3.8, 4) is 11.5 Å². The Balaban J connectivity index is 1.92. The summed E-state index contributed by atoms with van der Waals surface area (Å²) in [6, 6.07) is 3.78. The maximum atomic E-state index is 12.4. The first-order chi connectivity index (χ1) is 16.7. The van der Waals surface area contributed by atoms with Crippen LogP contribution in [-0.2, 0) is 14.9 Å². The van der Waals surface area contributed by atoms with E-state index in [1.165, 1.54) is 19.3 Å². The number of esters is 1. The smallest absolute Gasteiger partial charge is 0.311 e. The number of phenolic OH excluding ortho intramolecular Hbond substituents is 2. The van der Waals surface area contributed by atoms with E-state index in [2.05, 4.69) is 47.6 Å². The number of unbranched alkanes of at least 4 members (excludes halogenated alkanes) is 2. The van der Waals surface area contributed by atoms with Crippen LogP contribution in [0.15, 0.2) is 23.8 Å². The van der Waals surface area contributed by atoms with Crippen LogP contribution in [0.5, 0.6) is 11.5 Å². The molecule has 0 radical (unpaired) electrons. The maximum Gasteiger partial charge on any atom is 0.311 e. The number of benzene rings is 1. The Labute approximate surface area is 219 Å². The number of carbonyl (C=O) groups excluding carboxylic acids is 1. The van der Waals surface area contributed by atoms with Gasteiger partial charge < -0.3 is 14.9 Å². The van der Waals surface area contributed by atoms with Crippen LogP contribution in [0.2, 0.25) is 0 Å². The van der Waals surface area contributed by atoms with Crippen molar-refractivity contribution in [2.45, 2.75) is 112 Å². The molecule has 1 aromatic rings. The Morgan fingerprint density at radius 1 is 1.08 bits per heavy atom. The van der Waals surface area contributed by atoms with Gasteiger partial charge in [-0.3, -0.25) is 4.79 Å². The third-order valence-corrected chi connectivity index (χ3v) is 9.48. The van der Waals surface area contributed by atoms with Crippen molar-refractivity contribution in [2.24, 2.45) is 28.6 Å². The van der Waals surface area contributed by atoms with Crippen molar-refractivity contribution in [3.63, 3.8) is 0 Å². The van der Waals surface area contributed by atoms with Crippen LogP contribution in [0.4, 0.5) is 0 Å². The molecule has 1 fully saturated rings. The van der Waals surface area contributed by atoms with Crippen LogP contribution in [0, 0.1) is 28.6 Å². The summed E-state index contributed by atoms with van der Waals surface area (Å²) < 4.78 is 5.69. The number of hydrogen-bond acceptors (Lipinski definition) is 4. The lowest BCUT2D eigenvalue weighted by Crippen LogP contribution is -2.52. The van der Waals surface area contributed by atoms with Crippen molar-refractivity contribution in [2.75, 3.05) is 6.61 Å². The van der Waals surface area contributed by atoms with Crippen LogP contribution >= 0.6 is 0 Å². The summed E-state index contributed by atoms with van der Waals surface area (Å²) in [5.74, 6) is 1.22. The van der Waals surface area contributed by atoms with Gasteiger partial charge in [-0.2, -0.15) is 0 Å². The van der Waals surface area contributed by atoms with E-state index in [4.69, 9.17) is 4.74 Å². The van der Waals surface area contributed by atoms with Crippen LogP contribution in [-0.4, -0.2) is 22.8 Å². The highest BCUT2D eigenvalue weighted by Gasteiger charge is 2.56. The van der Waals surface area contributed by atoms with E-state index in [-0.39, 0.29) is 40.8 Å². The SMILES string of the molecule is CCCCCC(CC)C(C)(C)c1cc(O)c([C@H]2C=C(COC(=O)C(C)(C)C)[C@H]3C[C@@H]2C3(C)C)c(O)c1. The molecule has 0 saturated heterocycles. The second kappa shape index (κ2) is 10.4. The number of hydrogen-bond donors (Lipinski definition) is 2. The summed E-state index contributed by atoms with van der Waals surface area (Å²) in [7, 11) is 0. The molecule has 0 amide bonds. The van der Waals surface area contributed by atoms with Gasteiger partial charge in [0.05, 0.1) is 5.41 Å². The Morgan fingerprint density at radius 3 is 2.19 bits per heavy atom. The molecule has 0 heterocycles. The van der Waals surface area contributed by atoms with E-state index in [1.54, 1.807) is 0 Å². The zero-order valence-corrected chi connectivity index (χ0v) is 24.2. The summed E-state index contributed by atoms with van der Waals surface area (Å²) in [5.41, 5.74) is 2.05. The van der Waals surface area contributed by atoms with Gasteiger partial charge in [0.15, 0.2) is 0 Å². The molecular formula is C32H50O4. The highest BCUT2D eigenvalue weighted by atomic mass is 16.5. The molecule has 36 heavy (non-hydrogen) atoms. The van der Waals surface area contributed by atoms with Gasteiger partial charge in [-0.25, -0.2) is 0 Å². The fourth-order valence-corrected chi connectivity index (χ4v) is 6.75. The predicted molar refractivity (Wildman–Crippen MR) is 147 cm³/mol. The predicted octanol–water partition coefficient (Wildman–Crippen LogP) is 8.26. The molecule has 4 atom stereocenters. The molecule has 1 saturated carbocycles. The zero-order chi connectivity index (χ0) is 27.1. The fraction of sp³-hybridized carbons (Fsp3) is 0.719. The van der Waals surface area contributed by atoms with Crippen molar-refractivity contribution >= 4 is 5.97 Å². The van der Waals surface area contributed by atoms with E-state index in [0.29, 0.717) is 23.3 Å². The molecule has 3 aliphatic rings. The minimum atomic E-state index is -0.543. The van der Waals surface area contributed by atoms with Gasteiger partial charge >= 0.3 is 5.97 Å². The first kappa shape index (κ1) is 28.6. The topological polar surface area (TPSA) is 66.8 Å². The van der Waals surface area contributed by atoms with Crippen molar-refractivity contribution < 1.29 is 19.7 Å². The van der Waals surface area contributed by atoms with Crippen LogP contribution in [0.25, 0.3) is 0 Å². The van der Waals surface area contributed by atoms with Crippen molar-refractivity contribution in [1.29, 1.82) is 0 Å². The highest BCUT2D eigenvalue weighted by Crippen LogP contribution is 2.65. The van der Waals surface area contributed by atoms with Crippen LogP contribution in [0.1, 0.15) is 118 Å². The molecule has 0 spiro atoms. The molecule has 4 nitrogen and oxygen atoms in total. The summed E-state index contributed by atoms with van der Waals surface area (Å²) >= 11 is 0. The normalized spacial score (nSPS) is 24.0. The van der Waals surface area contributed by atoms with Gasteiger partial charge in [-0.05, 0) is 85.5 Å². The number of ether oxygens (including phenoxy) is 1. The average Bonchev–Trinajstić information content (AvgIpc) is 2.78. The molecule has 3 aliphatic carbocycles. The number of phenols is 2. The third kappa shape index (κ3) is 5.34. The molecule has 4 rings (SSSR count). The average molecular weight is 499 g/mol. The van der Waals surface area contributed by atoms with E-state index in [9.17, 15) is 15.0 Å². The monoisotopic (exact) mass is 498 g/mol. The van der Waals surface area contributed by atoms with E-state index in [0.717, 1.165) is 30.4 Å². The Morgan fingerprint density at radius 2 is 1.69 bits per heavy atom. The molecule has 0 aliphatic heterocycles. The minimum absolute atomic E-state index is 0.0201. The molecule has 0 aromatic heterocycles. The minimum Gasteiger partial charge on any atom is -0.507 e. The maximum absolute atomic E-state index is 12.4. The number of allylic oxidation sites excluding steroid dienone is 1. The molecular weight excluding hydrogens is 448 g/mol. The highest BCUT2D eigenvalue weighted by molar-refractivity contribution is 5.75. The van der Waals surface area contributed by atoms with Gasteiger partial charge in [0.2, 0.25) is 0 Å². The standard InChI is InChI=1S/C32H50O4/c1-10-12-13-14-21(11-2)31(6,7)22-16-26(33)28(27(34)17-22)23-15-20(19-36-29(35)30(3,4)5)24-18-25(23)32(24,8)9/h15-17,21,23-25,33-34H,10-14,18-19H2,1-9H3/t21?,23-,24+,25-/m0/s1. The Kier molecular flexibility index (Phi) is 8.28. The molecule has 2 bridgehead atoms. The summed E-state index contributed by atoms with van der Waals surface area (Å²) in [6.07, 6.45) is 9.01. The van der Waals surface area contributed by atoms with Gasteiger partial charge in [-0.15, -0.1) is 0 Å². The number of rotatable bonds is 10. The third-order valence-electron chi connectivity index (χ3n) is 9.48. The number of aromatic hydroxyl groups is 2. The molecule has 4 heteroatoms. The largest absolute Gasteiger partial charge is 0.507 e. The van der Waals surface area contributed by atoms with Crippen LogP contribution in [0.3, 0.4) is 0 Å². The molecule has 1 unspecified atom stereocenters. The van der Waals surface area contributed by atoms with Gasteiger partial charge in [0.25, 0.3) is 0 Å². The quantitative estimate of drug-likeness (QED) is 0.194. The van der Waals surface area contributed by atoms with E-state index in [1.807, 2.05) is 32.9 Å². The number of fused-ring (bicyclic) bond motifs is 1. The first-order valence-electron chi connectivity index (χ1n) is 14.1. The van der Waals surface area contributed by atoms with Crippen LogP contribution < -0.4 is 0 Å². The van der Waals surface area contributed by atoms with Crippen molar-refractivity contribution in [3.05, 3.63) is 34.9 Å². The van der Waals surface area contributed by atoms with E-state index >= 15 is 0 Å². The molecule has 202 valence electrons. The summed E-state index contributed by atoms with van der Waals surface area (Å²) in [4.78, 5) is 12.4. The van der Waals surface area contributed by atoms with Gasteiger partial charge in [0, 0.05) is 11.5 Å². The number of carbonyl (C=O) groups is 1. The lowest BCUT2D eigenvalue weighted by Gasteiger charge is -2.59. The molecule has 2 N–H and O–H groups in total. The fourth-order valence-electron chi connectivity index (χ4n) is 6.75. The summed E-state index contributed by atoms with van der Waals surface area (Å²) in [6.45, 7) is 19.3. The lowest BCUT2D eigenvalue weighted by molar-refractivity contribution is -0.152. The lowest BCUT2D eigenvalue weighted by atomic mass is 9.45. The Hall–Kier alpha value is -1.97. The second-order valence-corrected chi connectivity index (χ2v) is 13.6. The zero-order valence-electron chi connectivity index (χ0n) is 24.2.